The van der Waals surface area contributed by atoms with Crippen molar-refractivity contribution in [2.24, 2.45) is 5.41 Å². The van der Waals surface area contributed by atoms with Crippen LogP contribution in [0.3, 0.4) is 0 Å². The van der Waals surface area contributed by atoms with Crippen molar-refractivity contribution in [3.8, 4) is 0 Å². The van der Waals surface area contributed by atoms with Crippen LogP contribution in [-0.2, 0) is 15.5 Å². The number of hydrogen-bond acceptors (Lipinski definition) is 4. The summed E-state index contributed by atoms with van der Waals surface area (Å²) >= 11 is 0. The van der Waals surface area contributed by atoms with E-state index in [9.17, 15) is 23.1 Å². The van der Waals surface area contributed by atoms with E-state index in [0.717, 1.165) is 43.7 Å². The third-order valence-electron chi connectivity index (χ3n) is 5.13. The highest BCUT2D eigenvalue weighted by Gasteiger charge is 2.44. The number of hydrogen-bond donors (Lipinski definition) is 1. The molecule has 0 aliphatic heterocycles. The maximum absolute atomic E-state index is 11.4. The molecule has 6 nitrogen and oxygen atoms in total. The van der Waals surface area contributed by atoms with Gasteiger partial charge in [-0.15, -0.1) is 0 Å². The Morgan fingerprint density at radius 3 is 2.17 bits per heavy atom. The van der Waals surface area contributed by atoms with Crippen molar-refractivity contribution < 1.29 is 17.9 Å². The van der Waals surface area contributed by atoms with Gasteiger partial charge in [0.05, 0.1) is 4.92 Å². The smallest absolute Gasteiger partial charge is 0.282 e. The van der Waals surface area contributed by atoms with Crippen LogP contribution in [0, 0.1) is 15.5 Å². The van der Waals surface area contributed by atoms with Crippen LogP contribution in [0.25, 0.3) is 0 Å². The normalized spacial score (nSPS) is 18.6. The van der Waals surface area contributed by atoms with Crippen LogP contribution in [0.2, 0.25) is 0 Å². The van der Waals surface area contributed by atoms with Gasteiger partial charge < -0.3 is 0 Å². The molecule has 0 heterocycles. The molecule has 0 radical (unpaired) electrons. The Hall–Kier alpha value is -1.47. The Morgan fingerprint density at radius 2 is 1.74 bits per heavy atom. The molecule has 1 aromatic carbocycles. The molecule has 23 heavy (non-hydrogen) atoms. The number of nitro benzene ring substituents is 1. The van der Waals surface area contributed by atoms with Crippen LogP contribution >= 0.6 is 0 Å². The maximum Gasteiger partial charge on any atom is 0.301 e. The van der Waals surface area contributed by atoms with Crippen LogP contribution in [0.1, 0.15) is 58.4 Å². The van der Waals surface area contributed by atoms with Gasteiger partial charge in [0, 0.05) is 11.5 Å². The molecule has 1 fully saturated rings. The van der Waals surface area contributed by atoms with Gasteiger partial charge in [-0.05, 0) is 29.9 Å². The van der Waals surface area contributed by atoms with Gasteiger partial charge in [-0.3, -0.25) is 14.7 Å². The van der Waals surface area contributed by atoms with Crippen LogP contribution in [0.4, 0.5) is 5.69 Å². The van der Waals surface area contributed by atoms with Crippen molar-refractivity contribution in [1.29, 1.82) is 0 Å². The number of rotatable bonds is 3. The van der Waals surface area contributed by atoms with Crippen molar-refractivity contribution in [3.63, 3.8) is 0 Å². The van der Waals surface area contributed by atoms with Crippen molar-refractivity contribution in [1.82, 2.24) is 0 Å². The van der Waals surface area contributed by atoms with Gasteiger partial charge in [0.2, 0.25) is 0 Å². The van der Waals surface area contributed by atoms with Gasteiger partial charge in [-0.25, -0.2) is 0 Å². The van der Waals surface area contributed by atoms with Crippen LogP contribution in [-0.4, -0.2) is 17.9 Å². The molecule has 2 rings (SSSR count). The first-order valence-corrected chi connectivity index (χ1v) is 9.19. The predicted molar refractivity (Wildman–Crippen MR) is 87.1 cm³/mol. The fourth-order valence-electron chi connectivity index (χ4n) is 3.80. The van der Waals surface area contributed by atoms with Crippen molar-refractivity contribution in [2.45, 2.75) is 63.2 Å². The van der Waals surface area contributed by atoms with E-state index in [1.165, 1.54) is 6.07 Å². The van der Waals surface area contributed by atoms with Gasteiger partial charge in [-0.2, -0.15) is 8.42 Å². The molecule has 0 bridgehead atoms. The van der Waals surface area contributed by atoms with E-state index in [2.05, 4.69) is 20.8 Å². The predicted octanol–water partition coefficient (Wildman–Crippen LogP) is 4.09. The molecule has 1 aromatic rings. The summed E-state index contributed by atoms with van der Waals surface area (Å²) in [5.74, 6) is 0. The zero-order valence-electron chi connectivity index (χ0n) is 13.7. The molecule has 1 saturated carbocycles. The lowest BCUT2D eigenvalue weighted by Gasteiger charge is -2.48. The highest BCUT2D eigenvalue weighted by Crippen LogP contribution is 2.52. The lowest BCUT2D eigenvalue weighted by molar-refractivity contribution is -0.388. The maximum atomic E-state index is 11.4. The highest BCUT2D eigenvalue weighted by molar-refractivity contribution is 7.86. The number of benzene rings is 1. The highest BCUT2D eigenvalue weighted by atomic mass is 32.2. The minimum Gasteiger partial charge on any atom is -0.282 e. The van der Waals surface area contributed by atoms with E-state index in [0.29, 0.717) is 0 Å². The van der Waals surface area contributed by atoms with Crippen LogP contribution < -0.4 is 0 Å². The average Bonchev–Trinajstić information content (AvgIpc) is 2.45. The summed E-state index contributed by atoms with van der Waals surface area (Å²) in [7, 11) is -4.62. The molecule has 1 N–H and O–H groups in total. The first-order chi connectivity index (χ1) is 10.5. The topological polar surface area (TPSA) is 97.5 Å². The van der Waals surface area contributed by atoms with E-state index < -0.39 is 25.6 Å². The summed E-state index contributed by atoms with van der Waals surface area (Å²) in [6.07, 6.45) is 5.07. The van der Waals surface area contributed by atoms with E-state index in [-0.39, 0.29) is 10.8 Å². The van der Waals surface area contributed by atoms with Gasteiger partial charge in [0.1, 0.15) is 0 Å². The Bertz CT molecular complexity index is 712. The standard InChI is InChI=1S/C16H23NO5S/c1-15(2,3)16(9-5-4-6-10-16)12-7-8-14(23(20,21)22)13(11-12)17(18)19/h7-8,11H,4-6,9-10H2,1-3H3,(H,20,21,22). The SMILES string of the molecule is CC(C)(C)C1(c2ccc(S(=O)(=O)O)c([N+](=O)[O-])c2)CCCCC1. The molecule has 0 aromatic heterocycles. The van der Waals surface area contributed by atoms with Gasteiger partial charge in [0.25, 0.3) is 5.69 Å². The molecule has 0 unspecified atom stereocenters. The zero-order valence-corrected chi connectivity index (χ0v) is 14.5. The van der Waals surface area contributed by atoms with Crippen LogP contribution in [0.15, 0.2) is 23.1 Å². The lowest BCUT2D eigenvalue weighted by Crippen LogP contribution is -2.41. The van der Waals surface area contributed by atoms with E-state index in [1.54, 1.807) is 6.07 Å². The molecule has 1 aliphatic rings. The molecule has 0 saturated heterocycles. The molecule has 128 valence electrons. The quantitative estimate of drug-likeness (QED) is 0.507. The Labute approximate surface area is 136 Å². The number of nitro groups is 1. The van der Waals surface area contributed by atoms with E-state index in [4.69, 9.17) is 0 Å². The lowest BCUT2D eigenvalue weighted by atomic mass is 9.56. The molecule has 7 heteroatoms. The first-order valence-electron chi connectivity index (χ1n) is 7.75. The second-order valence-corrected chi connectivity index (χ2v) is 8.70. The summed E-state index contributed by atoms with van der Waals surface area (Å²) in [6, 6.07) is 4.11. The van der Waals surface area contributed by atoms with Gasteiger partial charge >= 0.3 is 10.1 Å². The molecule has 0 atom stereocenters. The van der Waals surface area contributed by atoms with Gasteiger partial charge in [-0.1, -0.05) is 46.1 Å². The fourth-order valence-corrected chi connectivity index (χ4v) is 4.44. The summed E-state index contributed by atoms with van der Waals surface area (Å²) < 4.78 is 32.0. The second kappa shape index (κ2) is 5.87. The minimum absolute atomic E-state index is 0.110. The molecule has 0 amide bonds. The molecule has 0 spiro atoms. The Morgan fingerprint density at radius 1 is 1.17 bits per heavy atom. The van der Waals surface area contributed by atoms with Crippen molar-refractivity contribution in [2.75, 3.05) is 0 Å². The van der Waals surface area contributed by atoms with Gasteiger partial charge in [0.15, 0.2) is 4.90 Å². The minimum atomic E-state index is -4.62. The number of nitrogens with zero attached hydrogens (tertiary/aromatic N) is 1. The summed E-state index contributed by atoms with van der Waals surface area (Å²) in [4.78, 5) is 9.90. The second-order valence-electron chi connectivity index (χ2n) is 7.31. The largest absolute Gasteiger partial charge is 0.301 e. The third kappa shape index (κ3) is 3.26. The third-order valence-corrected chi connectivity index (χ3v) is 6.03. The Balaban J connectivity index is 2.67. The summed E-state index contributed by atoms with van der Waals surface area (Å²) in [5.41, 5.74) is -0.114. The summed E-state index contributed by atoms with van der Waals surface area (Å²) in [6.45, 7) is 6.34. The van der Waals surface area contributed by atoms with E-state index >= 15 is 0 Å². The Kier molecular flexibility index (Phi) is 4.56. The molecular weight excluding hydrogens is 318 g/mol. The average molecular weight is 341 g/mol. The molecule has 1 aliphatic carbocycles. The first kappa shape index (κ1) is 17.9. The zero-order chi connectivity index (χ0) is 17.5. The monoisotopic (exact) mass is 341 g/mol. The fraction of sp³-hybridized carbons (Fsp3) is 0.625. The van der Waals surface area contributed by atoms with Crippen LogP contribution in [0.5, 0.6) is 0 Å². The van der Waals surface area contributed by atoms with E-state index in [1.807, 2.05) is 0 Å². The van der Waals surface area contributed by atoms with Crippen molar-refractivity contribution >= 4 is 15.8 Å². The summed E-state index contributed by atoms with van der Waals surface area (Å²) in [5, 5.41) is 11.3. The molecular formula is C16H23NO5S. The van der Waals surface area contributed by atoms with Crippen molar-refractivity contribution in [3.05, 3.63) is 33.9 Å².